The molecule has 0 bridgehead atoms. The van der Waals surface area contributed by atoms with Gasteiger partial charge in [-0.15, -0.1) is 0 Å². The zero-order chi connectivity index (χ0) is 15.5. The zero-order valence-corrected chi connectivity index (χ0v) is 13.7. The maximum absolute atomic E-state index is 12.5. The van der Waals surface area contributed by atoms with Gasteiger partial charge in [-0.05, 0) is 32.8 Å². The summed E-state index contributed by atoms with van der Waals surface area (Å²) in [4.78, 5) is 4.13. The van der Waals surface area contributed by atoms with Crippen molar-refractivity contribution in [3.8, 4) is 0 Å². The predicted molar refractivity (Wildman–Crippen MR) is 82.2 cm³/mol. The summed E-state index contributed by atoms with van der Waals surface area (Å²) in [6, 6.07) is 1.41. The van der Waals surface area contributed by atoms with Gasteiger partial charge in [0.05, 0.1) is 5.02 Å². The van der Waals surface area contributed by atoms with E-state index in [4.69, 9.17) is 16.3 Å². The van der Waals surface area contributed by atoms with Gasteiger partial charge < -0.3 is 10.1 Å². The Morgan fingerprint density at radius 3 is 2.67 bits per heavy atom. The summed E-state index contributed by atoms with van der Waals surface area (Å²) < 4.78 is 32.9. The van der Waals surface area contributed by atoms with Crippen LogP contribution in [0.15, 0.2) is 17.2 Å². The first-order chi connectivity index (χ1) is 9.86. The standard InChI is InChI=1S/C13H20ClN3O3S/c1-3-15-12-11(14)8-10(9-16-12)21(18,19)17-13(2)4-6-20-7-5-13/h8-9,17H,3-7H2,1-2H3,(H,15,16). The lowest BCUT2D eigenvalue weighted by atomic mass is 9.94. The minimum absolute atomic E-state index is 0.0712. The topological polar surface area (TPSA) is 80.3 Å². The lowest BCUT2D eigenvalue weighted by Crippen LogP contribution is -2.49. The Labute approximate surface area is 130 Å². The Hall–Kier alpha value is -0.890. The van der Waals surface area contributed by atoms with Crippen LogP contribution in [0, 0.1) is 0 Å². The molecule has 0 saturated carbocycles. The minimum atomic E-state index is -3.65. The molecule has 2 heterocycles. The molecule has 1 aliphatic rings. The molecule has 21 heavy (non-hydrogen) atoms. The molecule has 8 heteroatoms. The average molecular weight is 334 g/mol. The van der Waals surface area contributed by atoms with Crippen molar-refractivity contribution in [3.63, 3.8) is 0 Å². The van der Waals surface area contributed by atoms with Gasteiger partial charge in [0.25, 0.3) is 0 Å². The molecule has 0 aromatic carbocycles. The maximum atomic E-state index is 12.5. The van der Waals surface area contributed by atoms with Crippen molar-refractivity contribution in [3.05, 3.63) is 17.3 Å². The molecule has 0 unspecified atom stereocenters. The van der Waals surface area contributed by atoms with Crippen molar-refractivity contribution in [2.75, 3.05) is 25.1 Å². The first-order valence-corrected chi connectivity index (χ1v) is 8.73. The smallest absolute Gasteiger partial charge is 0.242 e. The Morgan fingerprint density at radius 1 is 1.43 bits per heavy atom. The lowest BCUT2D eigenvalue weighted by molar-refractivity contribution is 0.0537. The third-order valence-corrected chi connectivity index (χ3v) is 5.34. The fourth-order valence-corrected chi connectivity index (χ4v) is 3.91. The average Bonchev–Trinajstić information content (AvgIpc) is 2.41. The van der Waals surface area contributed by atoms with Gasteiger partial charge >= 0.3 is 0 Å². The van der Waals surface area contributed by atoms with Crippen molar-refractivity contribution in [1.82, 2.24) is 9.71 Å². The van der Waals surface area contributed by atoms with Crippen LogP contribution in [-0.4, -0.2) is 38.7 Å². The molecule has 1 saturated heterocycles. The van der Waals surface area contributed by atoms with Crippen LogP contribution in [0.2, 0.25) is 5.02 Å². The largest absolute Gasteiger partial charge is 0.381 e. The third kappa shape index (κ3) is 4.06. The summed E-state index contributed by atoms with van der Waals surface area (Å²) in [5, 5.41) is 3.26. The fourth-order valence-electron chi connectivity index (χ4n) is 2.17. The van der Waals surface area contributed by atoms with E-state index in [1.54, 1.807) is 0 Å². The van der Waals surface area contributed by atoms with Gasteiger partial charge in [-0.1, -0.05) is 11.6 Å². The molecule has 1 aromatic rings. The number of ether oxygens (including phenoxy) is 1. The number of halogens is 1. The third-order valence-electron chi connectivity index (χ3n) is 3.45. The maximum Gasteiger partial charge on any atom is 0.242 e. The molecule has 0 radical (unpaired) electrons. The molecule has 2 N–H and O–H groups in total. The van der Waals surface area contributed by atoms with Gasteiger partial charge in [-0.2, -0.15) is 0 Å². The summed E-state index contributed by atoms with van der Waals surface area (Å²) in [6.07, 6.45) is 2.60. The molecule has 0 atom stereocenters. The summed E-state index contributed by atoms with van der Waals surface area (Å²) in [7, 11) is -3.65. The Bertz CT molecular complexity index is 601. The van der Waals surface area contributed by atoms with Gasteiger partial charge in [0.15, 0.2) is 0 Å². The van der Waals surface area contributed by atoms with E-state index in [-0.39, 0.29) is 9.92 Å². The van der Waals surface area contributed by atoms with E-state index in [1.165, 1.54) is 12.3 Å². The second kappa shape index (κ2) is 6.48. The minimum Gasteiger partial charge on any atom is -0.381 e. The van der Waals surface area contributed by atoms with Gasteiger partial charge in [0.1, 0.15) is 10.7 Å². The fraction of sp³-hybridized carbons (Fsp3) is 0.615. The van der Waals surface area contributed by atoms with E-state index < -0.39 is 15.6 Å². The monoisotopic (exact) mass is 333 g/mol. The molecule has 0 aliphatic carbocycles. The Balaban J connectivity index is 2.21. The van der Waals surface area contributed by atoms with Crippen LogP contribution < -0.4 is 10.0 Å². The normalized spacial score (nSPS) is 18.4. The number of hydrogen-bond donors (Lipinski definition) is 2. The van der Waals surface area contributed by atoms with Crippen LogP contribution in [0.3, 0.4) is 0 Å². The van der Waals surface area contributed by atoms with Gasteiger partial charge in [-0.3, -0.25) is 0 Å². The second-order valence-electron chi connectivity index (χ2n) is 5.31. The molecule has 0 spiro atoms. The molecular formula is C13H20ClN3O3S. The highest BCUT2D eigenvalue weighted by atomic mass is 35.5. The summed E-state index contributed by atoms with van der Waals surface area (Å²) in [6.45, 7) is 5.56. The van der Waals surface area contributed by atoms with E-state index in [0.29, 0.717) is 38.4 Å². The number of pyridine rings is 1. The molecule has 1 aliphatic heterocycles. The highest BCUT2D eigenvalue weighted by Gasteiger charge is 2.32. The number of hydrogen-bond acceptors (Lipinski definition) is 5. The summed E-state index contributed by atoms with van der Waals surface area (Å²) >= 11 is 6.05. The van der Waals surface area contributed by atoms with Gasteiger partial charge in [0.2, 0.25) is 10.0 Å². The number of nitrogens with zero attached hydrogens (tertiary/aromatic N) is 1. The molecule has 0 amide bonds. The number of sulfonamides is 1. The Morgan fingerprint density at radius 2 is 2.10 bits per heavy atom. The van der Waals surface area contributed by atoms with Crippen molar-refractivity contribution in [1.29, 1.82) is 0 Å². The molecule has 2 rings (SSSR count). The molecule has 6 nitrogen and oxygen atoms in total. The van der Waals surface area contributed by atoms with Crippen LogP contribution >= 0.6 is 11.6 Å². The molecule has 118 valence electrons. The van der Waals surface area contributed by atoms with Crippen molar-refractivity contribution >= 4 is 27.4 Å². The van der Waals surface area contributed by atoms with Crippen molar-refractivity contribution < 1.29 is 13.2 Å². The van der Waals surface area contributed by atoms with Gasteiger partial charge in [-0.25, -0.2) is 18.1 Å². The first-order valence-electron chi connectivity index (χ1n) is 6.87. The molecule has 1 aromatic heterocycles. The van der Waals surface area contributed by atoms with Crippen molar-refractivity contribution in [2.24, 2.45) is 0 Å². The van der Waals surface area contributed by atoms with E-state index in [2.05, 4.69) is 15.0 Å². The summed E-state index contributed by atoms with van der Waals surface area (Å²) in [5.41, 5.74) is -0.496. The second-order valence-corrected chi connectivity index (χ2v) is 7.40. The SMILES string of the molecule is CCNc1ncc(S(=O)(=O)NC2(C)CCOCC2)cc1Cl. The van der Waals surface area contributed by atoms with Gasteiger partial charge in [0, 0.05) is 31.5 Å². The first kappa shape index (κ1) is 16.5. The number of anilines is 1. The van der Waals surface area contributed by atoms with E-state index in [0.717, 1.165) is 0 Å². The van der Waals surface area contributed by atoms with E-state index in [1.807, 2.05) is 13.8 Å². The van der Waals surface area contributed by atoms with Crippen molar-refractivity contribution in [2.45, 2.75) is 37.1 Å². The highest BCUT2D eigenvalue weighted by molar-refractivity contribution is 7.89. The number of aromatic nitrogens is 1. The van der Waals surface area contributed by atoms with Crippen LogP contribution in [-0.2, 0) is 14.8 Å². The van der Waals surface area contributed by atoms with Crippen LogP contribution in [0.1, 0.15) is 26.7 Å². The van der Waals surface area contributed by atoms with Crippen LogP contribution in [0.5, 0.6) is 0 Å². The van der Waals surface area contributed by atoms with E-state index in [9.17, 15) is 8.42 Å². The molecular weight excluding hydrogens is 314 g/mol. The number of nitrogens with one attached hydrogen (secondary N) is 2. The Kier molecular flexibility index (Phi) is 5.08. The number of rotatable bonds is 5. The summed E-state index contributed by atoms with van der Waals surface area (Å²) in [5.74, 6) is 0.482. The predicted octanol–water partition coefficient (Wildman–Crippen LogP) is 2.01. The van der Waals surface area contributed by atoms with Crippen LogP contribution in [0.4, 0.5) is 5.82 Å². The van der Waals surface area contributed by atoms with E-state index >= 15 is 0 Å². The lowest BCUT2D eigenvalue weighted by Gasteiger charge is -2.33. The molecule has 1 fully saturated rings. The van der Waals surface area contributed by atoms with Crippen LogP contribution in [0.25, 0.3) is 0 Å². The zero-order valence-electron chi connectivity index (χ0n) is 12.1. The highest BCUT2D eigenvalue weighted by Crippen LogP contribution is 2.26. The quantitative estimate of drug-likeness (QED) is 0.861.